The summed E-state index contributed by atoms with van der Waals surface area (Å²) in [6, 6.07) is 4.24. The fourth-order valence-corrected chi connectivity index (χ4v) is 4.22. The van der Waals surface area contributed by atoms with Gasteiger partial charge in [0.15, 0.2) is 5.60 Å². The molecule has 1 atom stereocenters. The maximum absolute atomic E-state index is 12.8. The second kappa shape index (κ2) is 7.33. The lowest BCUT2D eigenvalue weighted by Crippen LogP contribution is -2.58. The van der Waals surface area contributed by atoms with Crippen molar-refractivity contribution < 1.29 is 37.5 Å². The van der Waals surface area contributed by atoms with E-state index in [2.05, 4.69) is 10.6 Å². The molecule has 3 aliphatic rings. The summed E-state index contributed by atoms with van der Waals surface area (Å²) in [6.07, 6.45) is -5.71. The number of piperidine rings is 1. The van der Waals surface area contributed by atoms with Crippen molar-refractivity contribution in [1.82, 2.24) is 15.5 Å². The third-order valence-electron chi connectivity index (χ3n) is 6.13. The molecule has 166 valence electrons. The molecule has 1 aromatic carbocycles. The smallest absolute Gasteiger partial charge is 0.380 e. The molecule has 31 heavy (non-hydrogen) atoms. The van der Waals surface area contributed by atoms with E-state index in [1.807, 2.05) is 0 Å². The minimum Gasteiger partial charge on any atom is -0.380 e. The summed E-state index contributed by atoms with van der Waals surface area (Å²) >= 11 is 0. The minimum absolute atomic E-state index is 0.0127. The number of aliphatic hydroxyl groups is 1. The third kappa shape index (κ3) is 3.78. The number of halogens is 3. The van der Waals surface area contributed by atoms with Crippen LogP contribution >= 0.6 is 0 Å². The summed E-state index contributed by atoms with van der Waals surface area (Å²) in [5.41, 5.74) is -1.14. The van der Waals surface area contributed by atoms with Crippen molar-refractivity contribution in [3.8, 4) is 0 Å². The Morgan fingerprint density at radius 1 is 1.26 bits per heavy atom. The molecule has 0 spiro atoms. The Balaban J connectivity index is 1.36. The van der Waals surface area contributed by atoms with E-state index in [0.717, 1.165) is 0 Å². The number of imide groups is 1. The molecule has 3 N–H and O–H groups in total. The molecule has 2 heterocycles. The molecule has 0 bridgehead atoms. The van der Waals surface area contributed by atoms with Crippen LogP contribution in [0.4, 0.5) is 13.2 Å². The summed E-state index contributed by atoms with van der Waals surface area (Å²) in [5, 5.41) is 14.2. The number of benzene rings is 1. The van der Waals surface area contributed by atoms with E-state index in [0.29, 0.717) is 16.7 Å². The predicted octanol–water partition coefficient (Wildman–Crippen LogP) is 0.767. The quantitative estimate of drug-likeness (QED) is 0.600. The van der Waals surface area contributed by atoms with Crippen molar-refractivity contribution >= 4 is 23.6 Å². The average Bonchev–Trinajstić information content (AvgIpc) is 2.98. The van der Waals surface area contributed by atoms with Crippen LogP contribution in [0.2, 0.25) is 0 Å². The average molecular weight is 439 g/mol. The molecular formula is C20H20F3N3O5. The summed E-state index contributed by atoms with van der Waals surface area (Å²) in [6.45, 7) is 0.240. The van der Waals surface area contributed by atoms with E-state index >= 15 is 0 Å². The Morgan fingerprint density at radius 2 is 1.97 bits per heavy atom. The van der Waals surface area contributed by atoms with Crippen LogP contribution < -0.4 is 10.6 Å². The lowest BCUT2D eigenvalue weighted by atomic mass is 9.70. The summed E-state index contributed by atoms with van der Waals surface area (Å²) in [5.74, 6) is -2.75. The second-order valence-electron chi connectivity index (χ2n) is 8.24. The van der Waals surface area contributed by atoms with Gasteiger partial charge in [0.25, 0.3) is 5.91 Å². The SMILES string of the molecule is O=C1CCC(N2Cc3ccc(CNC(=O)C4CC(O)(C(F)(F)F)C4)cc3C2=O)C(=O)N1. The molecule has 0 aromatic heterocycles. The highest BCUT2D eigenvalue weighted by molar-refractivity contribution is 6.05. The van der Waals surface area contributed by atoms with Crippen molar-refractivity contribution in [3.05, 3.63) is 34.9 Å². The van der Waals surface area contributed by atoms with Gasteiger partial charge in [0, 0.05) is 31.0 Å². The zero-order valence-electron chi connectivity index (χ0n) is 16.3. The molecule has 4 rings (SSSR count). The summed E-state index contributed by atoms with van der Waals surface area (Å²) < 4.78 is 38.1. The highest BCUT2D eigenvalue weighted by Gasteiger charge is 2.62. The lowest BCUT2D eigenvalue weighted by Gasteiger charge is -2.43. The molecule has 11 heteroatoms. The van der Waals surface area contributed by atoms with Gasteiger partial charge in [-0.1, -0.05) is 12.1 Å². The van der Waals surface area contributed by atoms with Gasteiger partial charge < -0.3 is 15.3 Å². The molecule has 2 aliphatic heterocycles. The van der Waals surface area contributed by atoms with Gasteiger partial charge >= 0.3 is 6.18 Å². The lowest BCUT2D eigenvalue weighted by molar-refractivity contribution is -0.296. The van der Waals surface area contributed by atoms with E-state index in [1.165, 1.54) is 4.90 Å². The molecule has 2 fully saturated rings. The standard InChI is InChI=1S/C20H20F3N3O5/c21-20(22,23)19(31)6-12(7-19)16(28)24-8-10-1-2-11-9-26(18(30)13(11)5-10)14-3-4-15(27)25-17(14)29/h1-2,5,12,14,31H,3-4,6-9H2,(H,24,28)(H,25,27,29). The first kappa shape index (κ1) is 21.3. The third-order valence-corrected chi connectivity index (χ3v) is 6.13. The minimum atomic E-state index is -4.77. The number of hydrogen-bond donors (Lipinski definition) is 3. The van der Waals surface area contributed by atoms with Crippen LogP contribution in [0.1, 0.15) is 47.2 Å². The number of fused-ring (bicyclic) bond motifs is 1. The van der Waals surface area contributed by atoms with Gasteiger partial charge in [0.1, 0.15) is 6.04 Å². The molecule has 1 saturated carbocycles. The number of rotatable bonds is 4. The van der Waals surface area contributed by atoms with Gasteiger partial charge in [-0.15, -0.1) is 0 Å². The van der Waals surface area contributed by atoms with Crippen LogP contribution in [0.15, 0.2) is 18.2 Å². The van der Waals surface area contributed by atoms with Crippen molar-refractivity contribution in [2.45, 2.75) is 56.6 Å². The first-order valence-electron chi connectivity index (χ1n) is 9.82. The predicted molar refractivity (Wildman–Crippen MR) is 98.1 cm³/mol. The van der Waals surface area contributed by atoms with E-state index in [-0.39, 0.29) is 37.7 Å². The highest BCUT2D eigenvalue weighted by Crippen LogP contribution is 2.48. The van der Waals surface area contributed by atoms with Gasteiger partial charge in [-0.25, -0.2) is 0 Å². The normalized spacial score (nSPS) is 28.1. The fourth-order valence-electron chi connectivity index (χ4n) is 4.22. The Kier molecular flexibility index (Phi) is 5.03. The summed E-state index contributed by atoms with van der Waals surface area (Å²) in [7, 11) is 0. The Labute approximate surface area is 174 Å². The molecule has 8 nitrogen and oxygen atoms in total. The van der Waals surface area contributed by atoms with E-state index in [1.54, 1.807) is 18.2 Å². The largest absolute Gasteiger partial charge is 0.417 e. The van der Waals surface area contributed by atoms with Gasteiger partial charge in [0.05, 0.1) is 0 Å². The van der Waals surface area contributed by atoms with Crippen molar-refractivity contribution in [1.29, 1.82) is 0 Å². The van der Waals surface area contributed by atoms with Crippen LogP contribution in [0.5, 0.6) is 0 Å². The van der Waals surface area contributed by atoms with Gasteiger partial charge in [-0.2, -0.15) is 13.2 Å². The van der Waals surface area contributed by atoms with E-state index in [9.17, 15) is 37.5 Å². The second-order valence-corrected chi connectivity index (χ2v) is 8.24. The number of alkyl halides is 3. The number of carbonyl (C=O) groups is 4. The fraction of sp³-hybridized carbons (Fsp3) is 0.500. The molecule has 1 aromatic rings. The van der Waals surface area contributed by atoms with Crippen molar-refractivity contribution in [3.63, 3.8) is 0 Å². The van der Waals surface area contributed by atoms with Crippen LogP contribution in [0.25, 0.3) is 0 Å². The van der Waals surface area contributed by atoms with Crippen LogP contribution in [-0.4, -0.2) is 51.5 Å². The Morgan fingerprint density at radius 3 is 2.61 bits per heavy atom. The number of nitrogens with zero attached hydrogens (tertiary/aromatic N) is 1. The van der Waals surface area contributed by atoms with Gasteiger partial charge in [-0.05, 0) is 36.5 Å². The summed E-state index contributed by atoms with van der Waals surface area (Å²) in [4.78, 5) is 49.7. The topological polar surface area (TPSA) is 116 Å². The van der Waals surface area contributed by atoms with Gasteiger partial charge in [-0.3, -0.25) is 24.5 Å². The Bertz CT molecular complexity index is 971. The number of hydrogen-bond acceptors (Lipinski definition) is 5. The van der Waals surface area contributed by atoms with Crippen molar-refractivity contribution in [2.75, 3.05) is 0 Å². The monoisotopic (exact) mass is 439 g/mol. The maximum atomic E-state index is 12.8. The van der Waals surface area contributed by atoms with E-state index < -0.39 is 48.4 Å². The van der Waals surface area contributed by atoms with Crippen LogP contribution in [0, 0.1) is 5.92 Å². The molecular weight excluding hydrogens is 419 g/mol. The van der Waals surface area contributed by atoms with Crippen LogP contribution in [-0.2, 0) is 27.5 Å². The molecule has 1 aliphatic carbocycles. The maximum Gasteiger partial charge on any atom is 0.417 e. The molecule has 0 radical (unpaired) electrons. The number of carbonyl (C=O) groups excluding carboxylic acids is 4. The number of nitrogens with one attached hydrogen (secondary N) is 2. The highest BCUT2D eigenvalue weighted by atomic mass is 19.4. The van der Waals surface area contributed by atoms with E-state index in [4.69, 9.17) is 0 Å². The zero-order chi connectivity index (χ0) is 22.6. The molecule has 4 amide bonds. The first-order chi connectivity index (χ1) is 14.5. The first-order valence-corrected chi connectivity index (χ1v) is 9.82. The van der Waals surface area contributed by atoms with Crippen molar-refractivity contribution in [2.24, 2.45) is 5.92 Å². The van der Waals surface area contributed by atoms with Crippen LogP contribution in [0.3, 0.4) is 0 Å². The zero-order valence-corrected chi connectivity index (χ0v) is 16.3. The number of amides is 4. The van der Waals surface area contributed by atoms with Gasteiger partial charge in [0.2, 0.25) is 17.7 Å². The molecule has 1 unspecified atom stereocenters. The molecule has 1 saturated heterocycles. The Hall–Kier alpha value is -2.95.